The molecule has 164 valence electrons. The van der Waals surface area contributed by atoms with Crippen LogP contribution in [0.1, 0.15) is 36.0 Å². The second-order valence-electron chi connectivity index (χ2n) is 8.67. The quantitative estimate of drug-likeness (QED) is 0.672. The van der Waals surface area contributed by atoms with E-state index in [1.165, 1.54) is 0 Å². The van der Waals surface area contributed by atoms with E-state index in [2.05, 4.69) is 10.2 Å². The first kappa shape index (κ1) is 20.5. The number of carbonyl (C=O) groups is 2. The summed E-state index contributed by atoms with van der Waals surface area (Å²) in [7, 11) is 0. The molecule has 1 aromatic heterocycles. The molecule has 32 heavy (non-hydrogen) atoms. The Hall–Kier alpha value is -3.41. The van der Waals surface area contributed by atoms with Gasteiger partial charge in [0.25, 0.3) is 5.91 Å². The van der Waals surface area contributed by atoms with Gasteiger partial charge in [0.1, 0.15) is 5.82 Å². The molecule has 3 heterocycles. The van der Waals surface area contributed by atoms with E-state index < -0.39 is 0 Å². The molecule has 0 atom stereocenters. The molecule has 5 rings (SSSR count). The Morgan fingerprint density at radius 3 is 2.31 bits per heavy atom. The van der Waals surface area contributed by atoms with E-state index in [1.54, 1.807) is 0 Å². The molecule has 2 aliphatic rings. The smallest absolute Gasteiger partial charge is 0.257 e. The van der Waals surface area contributed by atoms with E-state index >= 15 is 0 Å². The molecule has 3 aromatic rings. The molecule has 2 aromatic carbocycles. The van der Waals surface area contributed by atoms with Crippen LogP contribution in [-0.4, -0.2) is 47.9 Å². The number of anilines is 2. The zero-order valence-electron chi connectivity index (χ0n) is 18.2. The van der Waals surface area contributed by atoms with Crippen molar-refractivity contribution < 1.29 is 9.59 Å². The number of likely N-dealkylation sites (tertiary alicyclic amines) is 1. The SMILES string of the molecule is O=C(Nc1ccccc1)C1CCN(C(=O)c2cc3ccccc3nc2N2CCCC2)CC1. The van der Waals surface area contributed by atoms with Crippen LogP contribution in [0.4, 0.5) is 11.5 Å². The van der Waals surface area contributed by atoms with Crippen molar-refractivity contribution in [1.29, 1.82) is 0 Å². The van der Waals surface area contributed by atoms with E-state index in [-0.39, 0.29) is 17.7 Å². The lowest BCUT2D eigenvalue weighted by atomic mass is 9.95. The number of aromatic nitrogens is 1. The molecule has 2 saturated heterocycles. The van der Waals surface area contributed by atoms with Gasteiger partial charge < -0.3 is 15.1 Å². The van der Waals surface area contributed by atoms with Crippen molar-refractivity contribution in [2.45, 2.75) is 25.7 Å². The van der Waals surface area contributed by atoms with E-state index in [9.17, 15) is 9.59 Å². The van der Waals surface area contributed by atoms with Crippen LogP contribution in [0.3, 0.4) is 0 Å². The monoisotopic (exact) mass is 428 g/mol. The van der Waals surface area contributed by atoms with Crippen molar-refractivity contribution >= 4 is 34.2 Å². The van der Waals surface area contributed by atoms with Crippen LogP contribution in [0.25, 0.3) is 10.9 Å². The predicted molar refractivity (Wildman–Crippen MR) is 127 cm³/mol. The number of para-hydroxylation sites is 2. The summed E-state index contributed by atoms with van der Waals surface area (Å²) in [6.45, 7) is 3.04. The number of amides is 2. The highest BCUT2D eigenvalue weighted by molar-refractivity contribution is 6.02. The van der Waals surface area contributed by atoms with Crippen LogP contribution in [0.2, 0.25) is 0 Å². The molecule has 0 unspecified atom stereocenters. The molecule has 0 spiro atoms. The summed E-state index contributed by atoms with van der Waals surface area (Å²) in [5, 5.41) is 3.98. The molecule has 0 aliphatic carbocycles. The normalized spacial score (nSPS) is 17.0. The lowest BCUT2D eigenvalue weighted by Crippen LogP contribution is -2.42. The van der Waals surface area contributed by atoms with E-state index in [0.29, 0.717) is 31.5 Å². The zero-order valence-corrected chi connectivity index (χ0v) is 18.2. The molecule has 0 bridgehead atoms. The molecule has 0 radical (unpaired) electrons. The number of benzene rings is 2. The van der Waals surface area contributed by atoms with Crippen LogP contribution in [0.15, 0.2) is 60.7 Å². The summed E-state index contributed by atoms with van der Waals surface area (Å²) >= 11 is 0. The van der Waals surface area contributed by atoms with Gasteiger partial charge in [0.05, 0.1) is 11.1 Å². The zero-order chi connectivity index (χ0) is 21.9. The van der Waals surface area contributed by atoms with Crippen molar-refractivity contribution in [1.82, 2.24) is 9.88 Å². The maximum Gasteiger partial charge on any atom is 0.257 e. The maximum atomic E-state index is 13.5. The molecule has 6 nitrogen and oxygen atoms in total. The number of nitrogens with one attached hydrogen (secondary N) is 1. The van der Waals surface area contributed by atoms with Crippen molar-refractivity contribution in [3.05, 3.63) is 66.2 Å². The number of nitrogens with zero attached hydrogens (tertiary/aromatic N) is 3. The van der Waals surface area contributed by atoms with Crippen molar-refractivity contribution in [3.8, 4) is 0 Å². The molecule has 2 fully saturated rings. The average Bonchev–Trinajstić information content (AvgIpc) is 3.38. The Morgan fingerprint density at radius 2 is 1.56 bits per heavy atom. The summed E-state index contributed by atoms with van der Waals surface area (Å²) in [6, 6.07) is 19.5. The molecule has 6 heteroatoms. The van der Waals surface area contributed by atoms with Gasteiger partial charge in [-0.05, 0) is 49.9 Å². The van der Waals surface area contributed by atoms with Gasteiger partial charge in [-0.2, -0.15) is 0 Å². The molecule has 1 N–H and O–H groups in total. The summed E-state index contributed by atoms with van der Waals surface area (Å²) in [5.41, 5.74) is 2.41. The highest BCUT2D eigenvalue weighted by Gasteiger charge is 2.30. The van der Waals surface area contributed by atoms with Gasteiger partial charge in [0.15, 0.2) is 0 Å². The Morgan fingerprint density at radius 1 is 0.875 bits per heavy atom. The first-order valence-electron chi connectivity index (χ1n) is 11.5. The second-order valence-corrected chi connectivity index (χ2v) is 8.67. The summed E-state index contributed by atoms with van der Waals surface area (Å²) in [6.07, 6.45) is 3.60. The first-order chi connectivity index (χ1) is 15.7. The number of fused-ring (bicyclic) bond motifs is 1. The number of carbonyl (C=O) groups excluding carboxylic acids is 2. The Bertz CT molecular complexity index is 1120. The lowest BCUT2D eigenvalue weighted by Gasteiger charge is -2.32. The Kier molecular flexibility index (Phi) is 5.75. The Labute approximate surface area is 188 Å². The van der Waals surface area contributed by atoms with Gasteiger partial charge >= 0.3 is 0 Å². The molecule has 2 aliphatic heterocycles. The number of pyridine rings is 1. The first-order valence-corrected chi connectivity index (χ1v) is 11.5. The highest BCUT2D eigenvalue weighted by Crippen LogP contribution is 2.29. The standard InChI is InChI=1S/C26H28N4O2/c31-25(27-21-9-2-1-3-10-21)19-12-16-30(17-13-19)26(32)22-18-20-8-4-5-11-23(20)28-24(22)29-14-6-7-15-29/h1-5,8-11,18-19H,6-7,12-17H2,(H,27,31). The van der Waals surface area contributed by atoms with Crippen LogP contribution in [-0.2, 0) is 4.79 Å². The van der Waals surface area contributed by atoms with E-state index in [1.807, 2.05) is 65.6 Å². The third-order valence-corrected chi connectivity index (χ3v) is 6.53. The van der Waals surface area contributed by atoms with Gasteiger partial charge in [0.2, 0.25) is 5.91 Å². The lowest BCUT2D eigenvalue weighted by molar-refractivity contribution is -0.121. The summed E-state index contributed by atoms with van der Waals surface area (Å²) in [4.78, 5) is 35.2. The minimum absolute atomic E-state index is 0.0204. The number of hydrogen-bond donors (Lipinski definition) is 1. The van der Waals surface area contributed by atoms with Gasteiger partial charge in [-0.1, -0.05) is 36.4 Å². The van der Waals surface area contributed by atoms with Gasteiger partial charge in [-0.25, -0.2) is 4.98 Å². The van der Waals surface area contributed by atoms with Crippen molar-refractivity contribution in [2.75, 3.05) is 36.4 Å². The summed E-state index contributed by atoms with van der Waals surface area (Å²) in [5.74, 6) is 0.780. The minimum Gasteiger partial charge on any atom is -0.356 e. The Balaban J connectivity index is 1.31. The fourth-order valence-corrected chi connectivity index (χ4v) is 4.71. The number of hydrogen-bond acceptors (Lipinski definition) is 4. The number of rotatable bonds is 4. The minimum atomic E-state index is -0.0768. The van der Waals surface area contributed by atoms with E-state index in [4.69, 9.17) is 4.98 Å². The topological polar surface area (TPSA) is 65.5 Å². The molecule has 0 saturated carbocycles. The third-order valence-electron chi connectivity index (χ3n) is 6.53. The van der Waals surface area contributed by atoms with Crippen molar-refractivity contribution in [3.63, 3.8) is 0 Å². The molecule has 2 amide bonds. The fourth-order valence-electron chi connectivity index (χ4n) is 4.71. The number of piperidine rings is 1. The van der Waals surface area contributed by atoms with Crippen molar-refractivity contribution in [2.24, 2.45) is 5.92 Å². The van der Waals surface area contributed by atoms with Gasteiger partial charge in [-0.15, -0.1) is 0 Å². The molecular formula is C26H28N4O2. The second kappa shape index (κ2) is 8.99. The average molecular weight is 429 g/mol. The van der Waals surface area contributed by atoms with Crippen LogP contribution < -0.4 is 10.2 Å². The largest absolute Gasteiger partial charge is 0.356 e. The fraction of sp³-hybridized carbons (Fsp3) is 0.346. The predicted octanol–water partition coefficient (Wildman–Crippen LogP) is 4.33. The highest BCUT2D eigenvalue weighted by atomic mass is 16.2. The summed E-state index contributed by atoms with van der Waals surface area (Å²) < 4.78 is 0. The van der Waals surface area contributed by atoms with E-state index in [0.717, 1.165) is 48.3 Å². The van der Waals surface area contributed by atoms with Crippen LogP contribution in [0.5, 0.6) is 0 Å². The third kappa shape index (κ3) is 4.17. The van der Waals surface area contributed by atoms with Crippen LogP contribution in [0, 0.1) is 5.92 Å². The van der Waals surface area contributed by atoms with Gasteiger partial charge in [0, 0.05) is 43.2 Å². The van der Waals surface area contributed by atoms with Gasteiger partial charge in [-0.3, -0.25) is 9.59 Å². The molecular weight excluding hydrogens is 400 g/mol. The van der Waals surface area contributed by atoms with Crippen LogP contribution >= 0.6 is 0 Å². The maximum absolute atomic E-state index is 13.5.